The SMILES string of the molecule is CC(CO)N(C)C(=O)c1cc2ccccc2c(N)n1. The fourth-order valence-corrected chi connectivity index (χ4v) is 1.84. The number of amides is 1. The van der Waals surface area contributed by atoms with Gasteiger partial charge in [0.2, 0.25) is 0 Å². The van der Waals surface area contributed by atoms with Crippen LogP contribution in [0.2, 0.25) is 0 Å². The van der Waals surface area contributed by atoms with E-state index in [4.69, 9.17) is 10.8 Å². The zero-order chi connectivity index (χ0) is 14.0. The van der Waals surface area contributed by atoms with Gasteiger partial charge in [0.25, 0.3) is 5.91 Å². The first-order valence-corrected chi connectivity index (χ1v) is 6.08. The van der Waals surface area contributed by atoms with Crippen LogP contribution in [0.4, 0.5) is 5.82 Å². The molecule has 0 aliphatic carbocycles. The molecule has 0 saturated carbocycles. The van der Waals surface area contributed by atoms with E-state index in [1.807, 2.05) is 24.3 Å². The fourth-order valence-electron chi connectivity index (χ4n) is 1.84. The minimum atomic E-state index is -0.262. The topological polar surface area (TPSA) is 79.5 Å². The van der Waals surface area contributed by atoms with Crippen molar-refractivity contribution < 1.29 is 9.90 Å². The van der Waals surface area contributed by atoms with E-state index >= 15 is 0 Å². The van der Waals surface area contributed by atoms with Gasteiger partial charge < -0.3 is 15.7 Å². The average molecular weight is 259 g/mol. The van der Waals surface area contributed by atoms with E-state index in [2.05, 4.69) is 4.98 Å². The van der Waals surface area contributed by atoms with E-state index in [1.54, 1.807) is 20.0 Å². The third kappa shape index (κ3) is 2.51. The number of pyridine rings is 1. The Labute approximate surface area is 111 Å². The van der Waals surface area contributed by atoms with Gasteiger partial charge in [0.15, 0.2) is 0 Å². The van der Waals surface area contributed by atoms with Crippen LogP contribution in [-0.2, 0) is 0 Å². The zero-order valence-corrected chi connectivity index (χ0v) is 11.0. The molecule has 0 fully saturated rings. The van der Waals surface area contributed by atoms with Crippen molar-refractivity contribution in [2.24, 2.45) is 0 Å². The summed E-state index contributed by atoms with van der Waals surface area (Å²) in [6.45, 7) is 1.67. The summed E-state index contributed by atoms with van der Waals surface area (Å²) in [7, 11) is 1.64. The summed E-state index contributed by atoms with van der Waals surface area (Å²) in [5, 5.41) is 10.8. The van der Waals surface area contributed by atoms with Gasteiger partial charge in [0.05, 0.1) is 12.6 Å². The predicted molar refractivity (Wildman–Crippen MR) is 74.8 cm³/mol. The summed E-state index contributed by atoms with van der Waals surface area (Å²) in [5.74, 6) is 0.0884. The second-order valence-electron chi connectivity index (χ2n) is 4.56. The zero-order valence-electron chi connectivity index (χ0n) is 11.0. The molecule has 5 nitrogen and oxygen atoms in total. The second-order valence-corrected chi connectivity index (χ2v) is 4.56. The van der Waals surface area contributed by atoms with Gasteiger partial charge >= 0.3 is 0 Å². The predicted octanol–water partition coefficient (Wildman–Crippen LogP) is 1.27. The molecule has 1 unspecified atom stereocenters. The van der Waals surface area contributed by atoms with Crippen LogP contribution in [0.15, 0.2) is 30.3 Å². The molecule has 2 aromatic rings. The molecule has 5 heteroatoms. The molecule has 100 valence electrons. The third-order valence-corrected chi connectivity index (χ3v) is 3.23. The van der Waals surface area contributed by atoms with Crippen LogP contribution in [0.3, 0.4) is 0 Å². The highest BCUT2D eigenvalue weighted by Crippen LogP contribution is 2.20. The number of carbonyl (C=O) groups excluding carboxylic acids is 1. The summed E-state index contributed by atoms with van der Waals surface area (Å²) in [6, 6.07) is 8.97. The quantitative estimate of drug-likeness (QED) is 0.870. The highest BCUT2D eigenvalue weighted by atomic mass is 16.3. The average Bonchev–Trinajstić information content (AvgIpc) is 2.44. The number of nitrogens with zero attached hydrogens (tertiary/aromatic N) is 2. The number of aliphatic hydroxyl groups excluding tert-OH is 1. The van der Waals surface area contributed by atoms with E-state index in [-0.39, 0.29) is 18.6 Å². The van der Waals surface area contributed by atoms with Crippen molar-refractivity contribution in [3.63, 3.8) is 0 Å². The number of rotatable bonds is 3. The number of carbonyl (C=O) groups is 1. The Morgan fingerprint density at radius 2 is 2.16 bits per heavy atom. The minimum absolute atomic E-state index is 0.0920. The van der Waals surface area contributed by atoms with Gasteiger partial charge in [-0.3, -0.25) is 4.79 Å². The van der Waals surface area contributed by atoms with E-state index in [0.717, 1.165) is 10.8 Å². The molecule has 1 aromatic heterocycles. The van der Waals surface area contributed by atoms with Crippen LogP contribution in [0.25, 0.3) is 10.8 Å². The maximum atomic E-state index is 12.2. The number of hydrogen-bond donors (Lipinski definition) is 2. The molecule has 1 heterocycles. The van der Waals surface area contributed by atoms with Crippen molar-refractivity contribution in [2.45, 2.75) is 13.0 Å². The summed E-state index contributed by atoms with van der Waals surface area (Å²) >= 11 is 0. The van der Waals surface area contributed by atoms with Crippen molar-refractivity contribution in [3.05, 3.63) is 36.0 Å². The Morgan fingerprint density at radius 1 is 1.47 bits per heavy atom. The molecule has 3 N–H and O–H groups in total. The molecule has 0 saturated heterocycles. The third-order valence-electron chi connectivity index (χ3n) is 3.23. The molecule has 0 radical (unpaired) electrons. The first-order chi connectivity index (χ1) is 9.04. The largest absolute Gasteiger partial charge is 0.394 e. The first-order valence-electron chi connectivity index (χ1n) is 6.08. The molecule has 0 spiro atoms. The molecule has 1 amide bonds. The van der Waals surface area contributed by atoms with Gasteiger partial charge in [-0.25, -0.2) is 4.98 Å². The number of likely N-dealkylation sites (N-methyl/N-ethyl adjacent to an activating group) is 1. The number of hydrogen-bond acceptors (Lipinski definition) is 4. The van der Waals surface area contributed by atoms with Crippen LogP contribution in [0.5, 0.6) is 0 Å². The maximum absolute atomic E-state index is 12.2. The van der Waals surface area contributed by atoms with Crippen molar-refractivity contribution in [1.82, 2.24) is 9.88 Å². The van der Waals surface area contributed by atoms with E-state index in [0.29, 0.717) is 11.5 Å². The monoisotopic (exact) mass is 259 g/mol. The summed E-state index contributed by atoms with van der Waals surface area (Å²) in [6.07, 6.45) is 0. The number of nitrogen functional groups attached to an aromatic ring is 1. The number of benzene rings is 1. The van der Waals surface area contributed by atoms with Crippen molar-refractivity contribution >= 4 is 22.5 Å². The van der Waals surface area contributed by atoms with Gasteiger partial charge in [-0.05, 0) is 18.4 Å². The molecule has 1 atom stereocenters. The standard InChI is InChI=1S/C14H17N3O2/c1-9(8-18)17(2)14(19)12-7-10-5-3-4-6-11(10)13(15)16-12/h3-7,9,18H,8H2,1-2H3,(H2,15,16). The summed E-state index contributed by atoms with van der Waals surface area (Å²) in [4.78, 5) is 17.8. The Kier molecular flexibility index (Phi) is 3.66. The van der Waals surface area contributed by atoms with Crippen LogP contribution in [0, 0.1) is 0 Å². The normalized spacial score (nSPS) is 12.4. The van der Waals surface area contributed by atoms with Gasteiger partial charge in [0.1, 0.15) is 11.5 Å². The molecule has 0 aliphatic rings. The van der Waals surface area contributed by atoms with Gasteiger partial charge in [-0.15, -0.1) is 0 Å². The highest BCUT2D eigenvalue weighted by molar-refractivity contribution is 5.99. The fraction of sp³-hybridized carbons (Fsp3) is 0.286. The minimum Gasteiger partial charge on any atom is -0.394 e. The molecular formula is C14H17N3O2. The van der Waals surface area contributed by atoms with Gasteiger partial charge in [0, 0.05) is 12.4 Å². The summed E-state index contributed by atoms with van der Waals surface area (Å²) in [5.41, 5.74) is 6.16. The molecule has 1 aromatic carbocycles. The van der Waals surface area contributed by atoms with E-state index < -0.39 is 0 Å². The van der Waals surface area contributed by atoms with Crippen LogP contribution >= 0.6 is 0 Å². The van der Waals surface area contributed by atoms with Gasteiger partial charge in [-0.2, -0.15) is 0 Å². The number of aliphatic hydroxyl groups is 1. The smallest absolute Gasteiger partial charge is 0.272 e. The van der Waals surface area contributed by atoms with Crippen molar-refractivity contribution in [2.75, 3.05) is 19.4 Å². The lowest BCUT2D eigenvalue weighted by Crippen LogP contribution is -2.37. The highest BCUT2D eigenvalue weighted by Gasteiger charge is 2.19. The van der Waals surface area contributed by atoms with Gasteiger partial charge in [-0.1, -0.05) is 24.3 Å². The molecule has 0 aliphatic heterocycles. The molecular weight excluding hydrogens is 242 g/mol. The molecule has 0 bridgehead atoms. The van der Waals surface area contributed by atoms with E-state index in [1.165, 1.54) is 4.90 Å². The van der Waals surface area contributed by atoms with E-state index in [9.17, 15) is 4.79 Å². The Hall–Kier alpha value is -2.14. The van der Waals surface area contributed by atoms with Crippen LogP contribution in [-0.4, -0.2) is 40.6 Å². The number of aromatic nitrogens is 1. The van der Waals surface area contributed by atoms with Crippen molar-refractivity contribution in [1.29, 1.82) is 0 Å². The number of nitrogens with two attached hydrogens (primary N) is 1. The maximum Gasteiger partial charge on any atom is 0.272 e. The molecule has 2 rings (SSSR count). The lowest BCUT2D eigenvalue weighted by atomic mass is 10.1. The summed E-state index contributed by atoms with van der Waals surface area (Å²) < 4.78 is 0. The second kappa shape index (κ2) is 5.24. The lowest BCUT2D eigenvalue weighted by molar-refractivity contribution is 0.0676. The Bertz CT molecular complexity index is 613. The molecule has 19 heavy (non-hydrogen) atoms. The lowest BCUT2D eigenvalue weighted by Gasteiger charge is -2.22. The Morgan fingerprint density at radius 3 is 2.84 bits per heavy atom. The Balaban J connectivity index is 2.43. The van der Waals surface area contributed by atoms with Crippen LogP contribution < -0.4 is 5.73 Å². The number of anilines is 1. The number of fused-ring (bicyclic) bond motifs is 1. The van der Waals surface area contributed by atoms with Crippen LogP contribution in [0.1, 0.15) is 17.4 Å². The van der Waals surface area contributed by atoms with Crippen molar-refractivity contribution in [3.8, 4) is 0 Å². The first kappa shape index (κ1) is 13.3.